The predicted octanol–water partition coefficient (Wildman–Crippen LogP) is -1.06. The van der Waals surface area contributed by atoms with Crippen molar-refractivity contribution >= 4 is 5.91 Å². The van der Waals surface area contributed by atoms with Gasteiger partial charge in [-0.25, -0.2) is 0 Å². The van der Waals surface area contributed by atoms with Gasteiger partial charge in [-0.05, 0) is 19.3 Å². The molecule has 0 aromatic carbocycles. The van der Waals surface area contributed by atoms with Gasteiger partial charge in [-0.1, -0.05) is 0 Å². The number of amides is 1. The third-order valence-corrected chi connectivity index (χ3v) is 3.05. The maximum absolute atomic E-state index is 11.4. The van der Waals surface area contributed by atoms with Crippen molar-refractivity contribution < 1.29 is 9.69 Å². The quantitative estimate of drug-likeness (QED) is 0.476. The van der Waals surface area contributed by atoms with Crippen LogP contribution in [0.1, 0.15) is 25.7 Å². The summed E-state index contributed by atoms with van der Waals surface area (Å²) in [6.07, 6.45) is 4.95. The maximum Gasteiger partial charge on any atom is 0.278 e. The molecular weight excluding hydrogens is 152 g/mol. The molecule has 68 valence electrons. The molecule has 2 saturated heterocycles. The Labute approximate surface area is 73.1 Å². The van der Waals surface area contributed by atoms with E-state index in [1.165, 1.54) is 30.7 Å². The summed E-state index contributed by atoms with van der Waals surface area (Å²) in [6.45, 7) is 3.22. The van der Waals surface area contributed by atoms with Crippen molar-refractivity contribution in [2.24, 2.45) is 0 Å². The Kier molecular flexibility index (Phi) is 2.30. The number of hydrogen-bond donors (Lipinski definition) is 2. The van der Waals surface area contributed by atoms with Gasteiger partial charge < -0.3 is 10.2 Å². The monoisotopic (exact) mass is 169 g/mol. The van der Waals surface area contributed by atoms with Gasteiger partial charge >= 0.3 is 0 Å². The molecule has 2 heterocycles. The molecule has 2 aliphatic rings. The lowest BCUT2D eigenvalue weighted by Crippen LogP contribution is -3.19. The van der Waals surface area contributed by atoms with Crippen molar-refractivity contribution in [3.8, 4) is 0 Å². The number of fused-ring (bicyclic) bond motifs is 1. The van der Waals surface area contributed by atoms with E-state index in [1.54, 1.807) is 0 Å². The maximum atomic E-state index is 11.4. The van der Waals surface area contributed by atoms with Crippen molar-refractivity contribution in [3.05, 3.63) is 0 Å². The van der Waals surface area contributed by atoms with Gasteiger partial charge in [0.05, 0.1) is 19.6 Å². The Hall–Kier alpha value is -0.570. The number of rotatable bonds is 0. The lowest BCUT2D eigenvalue weighted by atomic mass is 10.1. The van der Waals surface area contributed by atoms with Crippen LogP contribution in [-0.4, -0.2) is 31.6 Å². The van der Waals surface area contributed by atoms with E-state index in [0.717, 1.165) is 19.5 Å². The van der Waals surface area contributed by atoms with E-state index in [-0.39, 0.29) is 11.9 Å². The van der Waals surface area contributed by atoms with E-state index >= 15 is 0 Å². The fourth-order valence-electron chi connectivity index (χ4n) is 2.34. The van der Waals surface area contributed by atoms with E-state index in [4.69, 9.17) is 0 Å². The second-order valence-corrected chi connectivity index (χ2v) is 3.85. The summed E-state index contributed by atoms with van der Waals surface area (Å²) in [5.41, 5.74) is 0. The molecule has 0 aromatic heterocycles. The first kappa shape index (κ1) is 8.05. The fraction of sp³-hybridized carbons (Fsp3) is 0.889. The Morgan fingerprint density at radius 3 is 3.08 bits per heavy atom. The van der Waals surface area contributed by atoms with Gasteiger partial charge in [0, 0.05) is 6.42 Å². The van der Waals surface area contributed by atoms with E-state index < -0.39 is 0 Å². The first-order valence-electron chi connectivity index (χ1n) is 5.00. The van der Waals surface area contributed by atoms with Crippen LogP contribution in [0.2, 0.25) is 0 Å². The highest BCUT2D eigenvalue weighted by atomic mass is 16.2. The Morgan fingerprint density at radius 2 is 2.17 bits per heavy atom. The minimum absolute atomic E-state index is 0.279. The zero-order valence-corrected chi connectivity index (χ0v) is 7.44. The molecule has 0 saturated carbocycles. The average Bonchev–Trinajstić information content (AvgIpc) is 2.30. The number of hydrogen-bond acceptors (Lipinski definition) is 1. The van der Waals surface area contributed by atoms with Gasteiger partial charge in [-0.3, -0.25) is 4.79 Å². The Morgan fingerprint density at radius 1 is 1.25 bits per heavy atom. The normalized spacial score (nSPS) is 36.5. The SMILES string of the molecule is O=C1NCC[NH+]2CCCCC[C@@H]12. The summed E-state index contributed by atoms with van der Waals surface area (Å²) in [5.74, 6) is 0.290. The highest BCUT2D eigenvalue weighted by Crippen LogP contribution is 2.06. The van der Waals surface area contributed by atoms with Crippen LogP contribution in [0.5, 0.6) is 0 Å². The van der Waals surface area contributed by atoms with Gasteiger partial charge in [-0.15, -0.1) is 0 Å². The zero-order valence-electron chi connectivity index (χ0n) is 7.44. The summed E-state index contributed by atoms with van der Waals surface area (Å²) in [5, 5.41) is 2.95. The largest absolute Gasteiger partial charge is 0.345 e. The molecule has 0 spiro atoms. The van der Waals surface area contributed by atoms with Gasteiger partial charge in [0.1, 0.15) is 0 Å². The van der Waals surface area contributed by atoms with Gasteiger partial charge in [0.15, 0.2) is 6.04 Å². The number of nitrogens with one attached hydrogen (secondary N) is 2. The second kappa shape index (κ2) is 3.44. The lowest BCUT2D eigenvalue weighted by molar-refractivity contribution is -0.917. The van der Waals surface area contributed by atoms with E-state index in [2.05, 4.69) is 5.32 Å². The van der Waals surface area contributed by atoms with Crippen LogP contribution in [0.25, 0.3) is 0 Å². The molecule has 2 aliphatic heterocycles. The topological polar surface area (TPSA) is 33.5 Å². The van der Waals surface area contributed by atoms with Crippen LogP contribution in [-0.2, 0) is 4.79 Å². The van der Waals surface area contributed by atoms with Crippen LogP contribution in [0.3, 0.4) is 0 Å². The molecule has 3 nitrogen and oxygen atoms in total. The first-order chi connectivity index (χ1) is 5.88. The molecule has 3 heteroatoms. The third-order valence-electron chi connectivity index (χ3n) is 3.05. The highest BCUT2D eigenvalue weighted by molar-refractivity contribution is 5.80. The molecule has 0 bridgehead atoms. The first-order valence-corrected chi connectivity index (χ1v) is 5.00. The molecule has 2 atom stereocenters. The highest BCUT2D eigenvalue weighted by Gasteiger charge is 2.33. The summed E-state index contributed by atoms with van der Waals surface area (Å²) >= 11 is 0. The zero-order chi connectivity index (χ0) is 8.39. The van der Waals surface area contributed by atoms with Crippen LogP contribution in [0.4, 0.5) is 0 Å². The van der Waals surface area contributed by atoms with Gasteiger partial charge in [0.2, 0.25) is 0 Å². The Bertz CT molecular complexity index is 181. The van der Waals surface area contributed by atoms with E-state index in [1.807, 2.05) is 0 Å². The molecule has 12 heavy (non-hydrogen) atoms. The van der Waals surface area contributed by atoms with Crippen LogP contribution >= 0.6 is 0 Å². The van der Waals surface area contributed by atoms with Crippen molar-refractivity contribution in [1.29, 1.82) is 0 Å². The summed E-state index contributed by atoms with van der Waals surface area (Å²) in [6, 6.07) is 0.279. The number of quaternary nitrogens is 1. The molecule has 2 rings (SSSR count). The standard InChI is InChI=1S/C9H16N2O/c12-9-8-4-2-1-3-6-11(8)7-5-10-9/h8H,1-7H2,(H,10,12)/p+1/t8-/m0/s1. The smallest absolute Gasteiger partial charge is 0.278 e. The molecule has 1 unspecified atom stereocenters. The summed E-state index contributed by atoms with van der Waals surface area (Å²) in [7, 11) is 0. The van der Waals surface area contributed by atoms with Crippen molar-refractivity contribution in [1.82, 2.24) is 5.32 Å². The third kappa shape index (κ3) is 1.46. The molecule has 0 aromatic rings. The van der Waals surface area contributed by atoms with Crippen molar-refractivity contribution in [3.63, 3.8) is 0 Å². The summed E-state index contributed by atoms with van der Waals surface area (Å²) in [4.78, 5) is 13.0. The number of carbonyl (C=O) groups excluding carboxylic acids is 1. The van der Waals surface area contributed by atoms with E-state index in [9.17, 15) is 4.79 Å². The van der Waals surface area contributed by atoms with Gasteiger partial charge in [-0.2, -0.15) is 0 Å². The van der Waals surface area contributed by atoms with Crippen molar-refractivity contribution in [2.75, 3.05) is 19.6 Å². The number of carbonyl (C=O) groups is 1. The average molecular weight is 169 g/mol. The predicted molar refractivity (Wildman–Crippen MR) is 46.0 cm³/mol. The minimum Gasteiger partial charge on any atom is -0.345 e. The number of piperazine rings is 1. The van der Waals surface area contributed by atoms with Crippen LogP contribution in [0.15, 0.2) is 0 Å². The lowest BCUT2D eigenvalue weighted by Gasteiger charge is -2.30. The minimum atomic E-state index is 0.279. The molecule has 1 amide bonds. The van der Waals surface area contributed by atoms with Gasteiger partial charge in [0.25, 0.3) is 5.91 Å². The van der Waals surface area contributed by atoms with Crippen molar-refractivity contribution in [2.45, 2.75) is 31.7 Å². The Balaban J connectivity index is 2.05. The van der Waals surface area contributed by atoms with Crippen LogP contribution < -0.4 is 10.2 Å². The molecular formula is C9H17N2O+. The van der Waals surface area contributed by atoms with E-state index in [0.29, 0.717) is 0 Å². The molecule has 0 aliphatic carbocycles. The molecule has 2 N–H and O–H groups in total. The van der Waals surface area contributed by atoms with Crippen LogP contribution in [0, 0.1) is 0 Å². The fourth-order valence-corrected chi connectivity index (χ4v) is 2.34. The molecule has 2 fully saturated rings. The molecule has 0 radical (unpaired) electrons. The summed E-state index contributed by atoms with van der Waals surface area (Å²) < 4.78 is 0. The second-order valence-electron chi connectivity index (χ2n) is 3.85.